The Bertz CT molecular complexity index is 764. The molecule has 0 bridgehead atoms. The number of imidazole rings is 1. The van der Waals surface area contributed by atoms with Crippen molar-refractivity contribution in [3.63, 3.8) is 0 Å². The largest absolute Gasteiger partial charge is 0.338 e. The van der Waals surface area contributed by atoms with Gasteiger partial charge in [0.15, 0.2) is 0 Å². The molecule has 3 nitrogen and oxygen atoms in total. The van der Waals surface area contributed by atoms with Crippen molar-refractivity contribution in [3.8, 4) is 22.5 Å². The van der Waals surface area contributed by atoms with Crippen molar-refractivity contribution in [3.05, 3.63) is 66.0 Å². The summed E-state index contributed by atoms with van der Waals surface area (Å²) in [7, 11) is 0. The second-order valence-electron chi connectivity index (χ2n) is 4.38. The van der Waals surface area contributed by atoms with Gasteiger partial charge in [0.2, 0.25) is 0 Å². The van der Waals surface area contributed by atoms with E-state index >= 15 is 0 Å². The van der Waals surface area contributed by atoms with Crippen LogP contribution in [0.25, 0.3) is 28.6 Å². The van der Waals surface area contributed by atoms with Gasteiger partial charge in [-0.1, -0.05) is 11.6 Å². The van der Waals surface area contributed by atoms with E-state index in [9.17, 15) is 4.39 Å². The molecule has 0 saturated heterocycles. The number of halogens is 2. The van der Waals surface area contributed by atoms with E-state index in [1.54, 1.807) is 30.6 Å². The maximum Gasteiger partial charge on any atom is 0.132 e. The lowest BCUT2D eigenvalue weighted by atomic mass is 10.1. The monoisotopic (exact) mass is 299 g/mol. The van der Waals surface area contributed by atoms with Crippen LogP contribution >= 0.6 is 11.6 Å². The van der Waals surface area contributed by atoms with Gasteiger partial charge in [0.05, 0.1) is 11.4 Å². The number of benzene rings is 1. The molecular weight excluding hydrogens is 289 g/mol. The fourth-order valence-electron chi connectivity index (χ4n) is 2.07. The second kappa shape index (κ2) is 5.89. The number of aromatic nitrogens is 3. The van der Waals surface area contributed by atoms with Gasteiger partial charge in [-0.25, -0.2) is 9.37 Å². The van der Waals surface area contributed by atoms with E-state index in [4.69, 9.17) is 11.6 Å². The average molecular weight is 300 g/mol. The zero-order valence-corrected chi connectivity index (χ0v) is 11.7. The summed E-state index contributed by atoms with van der Waals surface area (Å²) in [5.41, 5.74) is 4.75. The molecule has 3 aromatic rings. The molecule has 1 N–H and O–H groups in total. The zero-order valence-electron chi connectivity index (χ0n) is 10.9. The molecule has 0 fully saturated rings. The Kier molecular flexibility index (Phi) is 3.79. The van der Waals surface area contributed by atoms with Crippen LogP contribution in [-0.2, 0) is 0 Å². The molecule has 3 rings (SSSR count). The molecule has 0 atom stereocenters. The van der Waals surface area contributed by atoms with Crippen LogP contribution in [0, 0.1) is 5.82 Å². The van der Waals surface area contributed by atoms with Crippen LogP contribution in [0.5, 0.6) is 0 Å². The molecule has 0 unspecified atom stereocenters. The average Bonchev–Trinajstić information content (AvgIpc) is 2.93. The Morgan fingerprint density at radius 2 is 1.71 bits per heavy atom. The lowest BCUT2D eigenvalue weighted by Gasteiger charge is -2.02. The van der Waals surface area contributed by atoms with Crippen LogP contribution in [0.3, 0.4) is 0 Å². The Morgan fingerprint density at radius 3 is 2.38 bits per heavy atom. The lowest BCUT2D eigenvalue weighted by Crippen LogP contribution is -1.84. The number of hydrogen-bond donors (Lipinski definition) is 1. The van der Waals surface area contributed by atoms with Gasteiger partial charge in [-0.3, -0.25) is 4.98 Å². The highest BCUT2D eigenvalue weighted by Crippen LogP contribution is 2.30. The van der Waals surface area contributed by atoms with Gasteiger partial charge in [-0.05, 0) is 42.5 Å². The Hall–Kier alpha value is -2.46. The van der Waals surface area contributed by atoms with Crippen LogP contribution in [-0.4, -0.2) is 15.0 Å². The summed E-state index contributed by atoms with van der Waals surface area (Å²) < 4.78 is 13.1. The number of nitrogens with one attached hydrogen (secondary N) is 1. The van der Waals surface area contributed by atoms with Crippen molar-refractivity contribution in [2.75, 3.05) is 0 Å². The van der Waals surface area contributed by atoms with Crippen molar-refractivity contribution >= 4 is 17.7 Å². The van der Waals surface area contributed by atoms with E-state index in [-0.39, 0.29) is 5.82 Å². The fraction of sp³-hybridized carbons (Fsp3) is 0. The van der Waals surface area contributed by atoms with Gasteiger partial charge in [0, 0.05) is 29.1 Å². The minimum absolute atomic E-state index is 0.274. The van der Waals surface area contributed by atoms with Gasteiger partial charge in [0.25, 0.3) is 0 Å². The van der Waals surface area contributed by atoms with Crippen molar-refractivity contribution < 1.29 is 4.39 Å². The molecule has 0 aliphatic heterocycles. The summed E-state index contributed by atoms with van der Waals surface area (Å²) in [6, 6.07) is 10.0. The van der Waals surface area contributed by atoms with E-state index in [0.29, 0.717) is 5.82 Å². The summed E-state index contributed by atoms with van der Waals surface area (Å²) in [5, 5.41) is 0. The van der Waals surface area contributed by atoms with Gasteiger partial charge < -0.3 is 4.98 Å². The van der Waals surface area contributed by atoms with E-state index in [0.717, 1.165) is 22.5 Å². The minimum atomic E-state index is -0.274. The summed E-state index contributed by atoms with van der Waals surface area (Å²) in [5.74, 6) is 0.362. The quantitative estimate of drug-likeness (QED) is 0.774. The molecule has 5 heteroatoms. The number of aromatic amines is 1. The minimum Gasteiger partial charge on any atom is -0.338 e. The molecule has 0 radical (unpaired) electrons. The SMILES string of the molecule is Fc1ccc(-c2[nH]c(C=CCl)nc2-c2ccncc2)cc1. The highest BCUT2D eigenvalue weighted by atomic mass is 35.5. The van der Waals surface area contributed by atoms with Crippen LogP contribution in [0.2, 0.25) is 0 Å². The molecule has 0 spiro atoms. The van der Waals surface area contributed by atoms with Crippen LogP contribution in [0.15, 0.2) is 54.3 Å². The Morgan fingerprint density at radius 1 is 1.00 bits per heavy atom. The van der Waals surface area contributed by atoms with Gasteiger partial charge in [0.1, 0.15) is 11.6 Å². The van der Waals surface area contributed by atoms with Crippen molar-refractivity contribution in [2.24, 2.45) is 0 Å². The second-order valence-corrected chi connectivity index (χ2v) is 4.63. The molecular formula is C16H11ClFN3. The van der Waals surface area contributed by atoms with Gasteiger partial charge >= 0.3 is 0 Å². The third-order valence-electron chi connectivity index (χ3n) is 3.03. The van der Waals surface area contributed by atoms with Gasteiger partial charge in [-0.15, -0.1) is 0 Å². The fourth-order valence-corrected chi connectivity index (χ4v) is 2.19. The molecule has 2 heterocycles. The first kappa shape index (κ1) is 13.5. The summed E-state index contributed by atoms with van der Waals surface area (Å²) in [6.07, 6.45) is 5.07. The first-order valence-corrected chi connectivity index (χ1v) is 6.74. The molecule has 0 saturated carbocycles. The molecule has 0 aliphatic carbocycles. The third-order valence-corrected chi connectivity index (χ3v) is 3.16. The highest BCUT2D eigenvalue weighted by Gasteiger charge is 2.13. The first-order chi connectivity index (χ1) is 10.3. The third kappa shape index (κ3) is 2.85. The maximum atomic E-state index is 13.1. The normalized spacial score (nSPS) is 11.1. The van der Waals surface area contributed by atoms with E-state index < -0.39 is 0 Å². The van der Waals surface area contributed by atoms with Crippen molar-refractivity contribution in [1.29, 1.82) is 0 Å². The van der Waals surface area contributed by atoms with Crippen LogP contribution < -0.4 is 0 Å². The maximum absolute atomic E-state index is 13.1. The van der Waals surface area contributed by atoms with E-state index in [1.165, 1.54) is 17.7 Å². The number of hydrogen-bond acceptors (Lipinski definition) is 2. The van der Waals surface area contributed by atoms with E-state index in [2.05, 4.69) is 15.0 Å². The topological polar surface area (TPSA) is 41.6 Å². The number of H-pyrrole nitrogens is 1. The summed E-state index contributed by atoms with van der Waals surface area (Å²) >= 11 is 5.61. The Balaban J connectivity index is 2.16. The van der Waals surface area contributed by atoms with E-state index in [1.807, 2.05) is 12.1 Å². The molecule has 2 aromatic heterocycles. The predicted molar refractivity (Wildman–Crippen MR) is 82.1 cm³/mol. The van der Waals surface area contributed by atoms with Crippen LogP contribution in [0.4, 0.5) is 4.39 Å². The summed E-state index contributed by atoms with van der Waals surface area (Å²) in [4.78, 5) is 11.7. The highest BCUT2D eigenvalue weighted by molar-refractivity contribution is 6.27. The molecule has 1 aromatic carbocycles. The Labute approximate surface area is 126 Å². The van der Waals surface area contributed by atoms with Crippen molar-refractivity contribution in [1.82, 2.24) is 15.0 Å². The number of rotatable bonds is 3. The number of nitrogens with zero attached hydrogens (tertiary/aromatic N) is 2. The standard InChI is InChI=1S/C16H11ClFN3/c17-8-5-14-20-15(11-1-3-13(18)4-2-11)16(21-14)12-6-9-19-10-7-12/h1-10H,(H,20,21). The smallest absolute Gasteiger partial charge is 0.132 e. The molecule has 21 heavy (non-hydrogen) atoms. The molecule has 0 amide bonds. The predicted octanol–water partition coefficient (Wildman–Crippen LogP) is 4.49. The lowest BCUT2D eigenvalue weighted by molar-refractivity contribution is 0.628. The number of pyridine rings is 1. The van der Waals surface area contributed by atoms with Crippen molar-refractivity contribution in [2.45, 2.75) is 0 Å². The first-order valence-electron chi connectivity index (χ1n) is 6.31. The molecule has 0 aliphatic rings. The van der Waals surface area contributed by atoms with Crippen LogP contribution in [0.1, 0.15) is 5.82 Å². The molecule has 104 valence electrons. The summed E-state index contributed by atoms with van der Waals surface area (Å²) in [6.45, 7) is 0. The zero-order chi connectivity index (χ0) is 14.7. The van der Waals surface area contributed by atoms with Gasteiger partial charge in [-0.2, -0.15) is 0 Å².